The number of carboxylic acid groups (broad SMARTS) is 1. The van der Waals surface area contributed by atoms with E-state index in [1.54, 1.807) is 17.5 Å². The number of thiazole rings is 1. The first-order valence-electron chi connectivity index (χ1n) is 6.15. The summed E-state index contributed by atoms with van der Waals surface area (Å²) in [7, 11) is 1.32. The number of aliphatic carboxylic acids is 1. The lowest BCUT2D eigenvalue weighted by molar-refractivity contribution is -0.141. The van der Waals surface area contributed by atoms with E-state index in [1.165, 1.54) is 18.4 Å². The molecule has 1 aromatic carbocycles. The molecule has 0 saturated carbocycles. The number of nitrogens with one attached hydrogen (secondary N) is 1. The maximum atomic E-state index is 11.9. The fraction of sp³-hybridized carbons (Fsp3) is 0.214. The van der Waals surface area contributed by atoms with Gasteiger partial charge < -0.3 is 15.2 Å². The molecule has 21 heavy (non-hydrogen) atoms. The highest BCUT2D eigenvalue weighted by atomic mass is 32.1. The van der Waals surface area contributed by atoms with E-state index in [9.17, 15) is 9.59 Å². The van der Waals surface area contributed by atoms with E-state index in [1.807, 2.05) is 18.2 Å². The highest BCUT2D eigenvalue weighted by Crippen LogP contribution is 2.24. The van der Waals surface area contributed by atoms with Crippen molar-refractivity contribution in [3.63, 3.8) is 0 Å². The number of aromatic nitrogens is 1. The Morgan fingerprint density at radius 2 is 2.10 bits per heavy atom. The number of hydrogen-bond acceptors (Lipinski definition) is 6. The van der Waals surface area contributed by atoms with Gasteiger partial charge >= 0.3 is 11.9 Å². The Morgan fingerprint density at radius 1 is 1.38 bits per heavy atom. The van der Waals surface area contributed by atoms with Crippen molar-refractivity contribution >= 4 is 28.4 Å². The molecule has 1 aromatic heterocycles. The second-order valence-corrected chi connectivity index (χ2v) is 5.08. The highest BCUT2D eigenvalue weighted by molar-refractivity contribution is 7.13. The molecular formula is C14H14N2O4S. The van der Waals surface area contributed by atoms with Crippen molar-refractivity contribution in [1.29, 1.82) is 0 Å². The number of rotatable bonds is 6. The first-order valence-corrected chi connectivity index (χ1v) is 7.03. The monoisotopic (exact) mass is 306 g/mol. The Balaban J connectivity index is 2.17. The molecule has 0 bridgehead atoms. The third-order valence-electron chi connectivity index (χ3n) is 2.72. The molecule has 1 heterocycles. The van der Waals surface area contributed by atoms with Crippen LogP contribution in [0, 0.1) is 0 Å². The summed E-state index contributed by atoms with van der Waals surface area (Å²) >= 11 is 1.25. The van der Waals surface area contributed by atoms with Gasteiger partial charge in [0.25, 0.3) is 0 Å². The van der Waals surface area contributed by atoms with E-state index in [0.29, 0.717) is 10.8 Å². The molecule has 0 aliphatic carbocycles. The molecule has 0 amide bonds. The van der Waals surface area contributed by atoms with Gasteiger partial charge in [-0.15, -0.1) is 11.3 Å². The lowest BCUT2D eigenvalue weighted by atomic mass is 10.1. The molecule has 0 spiro atoms. The van der Waals surface area contributed by atoms with Crippen LogP contribution >= 0.6 is 11.3 Å². The fourth-order valence-electron chi connectivity index (χ4n) is 1.77. The Bertz CT molecular complexity index is 627. The van der Waals surface area contributed by atoms with Crippen LogP contribution in [0.2, 0.25) is 0 Å². The van der Waals surface area contributed by atoms with Crippen molar-refractivity contribution in [2.45, 2.75) is 12.5 Å². The molecule has 1 atom stereocenters. The summed E-state index contributed by atoms with van der Waals surface area (Å²) in [4.78, 5) is 26.7. The predicted octanol–water partition coefficient (Wildman–Crippen LogP) is 2.10. The quantitative estimate of drug-likeness (QED) is 0.795. The van der Waals surface area contributed by atoms with Crippen molar-refractivity contribution in [2.75, 3.05) is 12.4 Å². The second kappa shape index (κ2) is 6.85. The standard InChI is InChI=1S/C14H14N2O4S/c1-20-13(19)12(9-5-3-2-4-6-9)16-14-15-10(8-21-14)7-11(17)18/h2-6,8,12H,7H2,1H3,(H,15,16)(H,17,18). The molecule has 0 fully saturated rings. The van der Waals surface area contributed by atoms with Crippen LogP contribution in [0.3, 0.4) is 0 Å². The molecule has 7 heteroatoms. The smallest absolute Gasteiger partial charge is 0.333 e. The number of benzene rings is 1. The van der Waals surface area contributed by atoms with Gasteiger partial charge in [-0.05, 0) is 5.56 Å². The van der Waals surface area contributed by atoms with Gasteiger partial charge in [0.15, 0.2) is 11.2 Å². The molecule has 0 radical (unpaired) electrons. The average molecular weight is 306 g/mol. The minimum Gasteiger partial charge on any atom is -0.481 e. The Hall–Kier alpha value is -2.41. The summed E-state index contributed by atoms with van der Waals surface area (Å²) < 4.78 is 4.79. The van der Waals surface area contributed by atoms with Gasteiger partial charge in [-0.2, -0.15) is 0 Å². The Labute approximate surface area is 125 Å². The van der Waals surface area contributed by atoms with Crippen molar-refractivity contribution < 1.29 is 19.4 Å². The number of hydrogen-bond donors (Lipinski definition) is 2. The molecule has 1 unspecified atom stereocenters. The molecule has 6 nitrogen and oxygen atoms in total. The predicted molar refractivity (Wildman–Crippen MR) is 78.3 cm³/mol. The van der Waals surface area contributed by atoms with Crippen molar-refractivity contribution in [3.05, 3.63) is 47.0 Å². The van der Waals surface area contributed by atoms with Gasteiger partial charge in [-0.25, -0.2) is 9.78 Å². The van der Waals surface area contributed by atoms with E-state index < -0.39 is 18.0 Å². The summed E-state index contributed by atoms with van der Waals surface area (Å²) in [5, 5.41) is 13.8. The van der Waals surface area contributed by atoms with E-state index in [4.69, 9.17) is 9.84 Å². The SMILES string of the molecule is COC(=O)C(Nc1nc(CC(=O)O)cs1)c1ccccc1. The molecule has 0 saturated heterocycles. The van der Waals surface area contributed by atoms with Crippen LogP contribution in [0.5, 0.6) is 0 Å². The van der Waals surface area contributed by atoms with Crippen LogP contribution in [-0.4, -0.2) is 29.1 Å². The van der Waals surface area contributed by atoms with E-state index in [-0.39, 0.29) is 6.42 Å². The normalized spacial score (nSPS) is 11.7. The molecule has 2 aromatic rings. The van der Waals surface area contributed by atoms with Gasteiger partial charge in [0.1, 0.15) is 0 Å². The average Bonchev–Trinajstić information content (AvgIpc) is 2.91. The number of anilines is 1. The lowest BCUT2D eigenvalue weighted by Crippen LogP contribution is -2.22. The largest absolute Gasteiger partial charge is 0.481 e. The van der Waals surface area contributed by atoms with Crippen LogP contribution in [-0.2, 0) is 20.7 Å². The number of methoxy groups -OCH3 is 1. The Kier molecular flexibility index (Phi) is 4.89. The zero-order chi connectivity index (χ0) is 15.2. The summed E-state index contributed by atoms with van der Waals surface area (Å²) in [6.45, 7) is 0. The number of carbonyl (C=O) groups excluding carboxylic acids is 1. The van der Waals surface area contributed by atoms with Crippen molar-refractivity contribution in [1.82, 2.24) is 4.98 Å². The summed E-state index contributed by atoms with van der Waals surface area (Å²) in [6.07, 6.45) is -0.146. The molecule has 110 valence electrons. The number of carboxylic acids is 1. The van der Waals surface area contributed by atoms with Gasteiger partial charge in [-0.3, -0.25) is 4.79 Å². The van der Waals surface area contributed by atoms with Crippen LogP contribution < -0.4 is 5.32 Å². The van der Waals surface area contributed by atoms with E-state index in [0.717, 1.165) is 5.56 Å². The highest BCUT2D eigenvalue weighted by Gasteiger charge is 2.22. The van der Waals surface area contributed by atoms with Gasteiger partial charge in [0.05, 0.1) is 19.2 Å². The first kappa shape index (κ1) is 15.0. The summed E-state index contributed by atoms with van der Waals surface area (Å²) in [6, 6.07) is 8.43. The number of ether oxygens (including phenoxy) is 1. The maximum absolute atomic E-state index is 11.9. The zero-order valence-corrected chi connectivity index (χ0v) is 12.1. The topological polar surface area (TPSA) is 88.5 Å². The van der Waals surface area contributed by atoms with Crippen LogP contribution in [0.1, 0.15) is 17.3 Å². The molecule has 0 aliphatic rings. The van der Waals surface area contributed by atoms with E-state index >= 15 is 0 Å². The van der Waals surface area contributed by atoms with Crippen molar-refractivity contribution in [3.8, 4) is 0 Å². The lowest BCUT2D eigenvalue weighted by Gasteiger charge is -2.15. The number of carbonyl (C=O) groups is 2. The van der Waals surface area contributed by atoms with Crippen LogP contribution in [0.25, 0.3) is 0 Å². The molecule has 2 rings (SSSR count). The van der Waals surface area contributed by atoms with Crippen LogP contribution in [0.4, 0.5) is 5.13 Å². The van der Waals surface area contributed by atoms with Gasteiger partial charge in [0, 0.05) is 5.38 Å². The summed E-state index contributed by atoms with van der Waals surface area (Å²) in [5.41, 5.74) is 1.20. The minimum atomic E-state index is -0.945. The van der Waals surface area contributed by atoms with E-state index in [2.05, 4.69) is 10.3 Å². The molecular weight excluding hydrogens is 292 g/mol. The zero-order valence-electron chi connectivity index (χ0n) is 11.3. The number of nitrogens with zero attached hydrogens (tertiary/aromatic N) is 1. The van der Waals surface area contributed by atoms with Crippen molar-refractivity contribution in [2.24, 2.45) is 0 Å². The molecule has 2 N–H and O–H groups in total. The van der Waals surface area contributed by atoms with Crippen LogP contribution in [0.15, 0.2) is 35.7 Å². The van der Waals surface area contributed by atoms with Gasteiger partial charge in [0.2, 0.25) is 0 Å². The first-order chi connectivity index (χ1) is 10.1. The summed E-state index contributed by atoms with van der Waals surface area (Å²) in [5.74, 6) is -1.38. The second-order valence-electron chi connectivity index (χ2n) is 4.23. The third-order valence-corrected chi connectivity index (χ3v) is 3.54. The maximum Gasteiger partial charge on any atom is 0.333 e. The minimum absolute atomic E-state index is 0.146. The molecule has 0 aliphatic heterocycles. The third kappa shape index (κ3) is 4.03. The number of esters is 1. The Morgan fingerprint density at radius 3 is 2.71 bits per heavy atom. The fourth-order valence-corrected chi connectivity index (χ4v) is 2.51. The van der Waals surface area contributed by atoms with Gasteiger partial charge in [-0.1, -0.05) is 30.3 Å².